The molecule has 0 aliphatic heterocycles. The zero-order valence-corrected chi connectivity index (χ0v) is 19.1. The Bertz CT molecular complexity index is 1230. The SMILES string of the molecule is COc1ccccc1NC(=O)c1ccc(-n2nc(SCc3ccccc3)sc2=S)cc1. The first-order chi connectivity index (χ1) is 15.1. The summed E-state index contributed by atoms with van der Waals surface area (Å²) >= 11 is 8.64. The number of methoxy groups -OCH3 is 1. The van der Waals surface area contributed by atoms with Crippen LogP contribution in [0, 0.1) is 3.95 Å². The maximum atomic E-state index is 12.6. The second kappa shape index (κ2) is 9.91. The van der Waals surface area contributed by atoms with Crippen LogP contribution < -0.4 is 10.1 Å². The average Bonchev–Trinajstić information content (AvgIpc) is 3.19. The summed E-state index contributed by atoms with van der Waals surface area (Å²) in [6, 6.07) is 24.8. The molecular formula is C23H19N3O2S3. The molecule has 1 aromatic heterocycles. The van der Waals surface area contributed by atoms with Crippen molar-refractivity contribution in [2.45, 2.75) is 10.1 Å². The van der Waals surface area contributed by atoms with Gasteiger partial charge in [-0.15, -0.1) is 5.10 Å². The van der Waals surface area contributed by atoms with E-state index in [1.807, 2.05) is 42.5 Å². The van der Waals surface area contributed by atoms with Crippen LogP contribution in [-0.2, 0) is 5.75 Å². The van der Waals surface area contributed by atoms with E-state index >= 15 is 0 Å². The van der Waals surface area contributed by atoms with Crippen LogP contribution in [0.5, 0.6) is 5.75 Å². The van der Waals surface area contributed by atoms with Crippen LogP contribution in [0.3, 0.4) is 0 Å². The summed E-state index contributed by atoms with van der Waals surface area (Å²) in [4.78, 5) is 12.6. The zero-order valence-electron chi connectivity index (χ0n) is 16.6. The van der Waals surface area contributed by atoms with Crippen molar-refractivity contribution in [3.63, 3.8) is 0 Å². The number of anilines is 1. The van der Waals surface area contributed by atoms with Gasteiger partial charge in [-0.25, -0.2) is 4.68 Å². The highest BCUT2D eigenvalue weighted by Gasteiger charge is 2.11. The van der Waals surface area contributed by atoms with Gasteiger partial charge < -0.3 is 10.1 Å². The molecule has 1 N–H and O–H groups in total. The molecule has 0 spiro atoms. The number of thioether (sulfide) groups is 1. The predicted molar refractivity (Wildman–Crippen MR) is 129 cm³/mol. The first-order valence-electron chi connectivity index (χ1n) is 9.46. The fourth-order valence-corrected chi connectivity index (χ4v) is 5.22. The Morgan fingerprint density at radius 1 is 1.06 bits per heavy atom. The van der Waals surface area contributed by atoms with E-state index in [9.17, 15) is 4.79 Å². The van der Waals surface area contributed by atoms with Crippen molar-refractivity contribution in [1.82, 2.24) is 9.78 Å². The summed E-state index contributed by atoms with van der Waals surface area (Å²) in [5.74, 6) is 1.24. The molecule has 8 heteroatoms. The van der Waals surface area contributed by atoms with Crippen LogP contribution >= 0.6 is 35.3 Å². The molecule has 0 radical (unpaired) electrons. The highest BCUT2D eigenvalue weighted by atomic mass is 32.2. The van der Waals surface area contributed by atoms with Gasteiger partial charge >= 0.3 is 0 Å². The number of nitrogens with one attached hydrogen (secondary N) is 1. The van der Waals surface area contributed by atoms with Gasteiger partial charge in [-0.2, -0.15) is 0 Å². The number of ether oxygens (including phenoxy) is 1. The Labute approximate surface area is 193 Å². The third-order valence-electron chi connectivity index (χ3n) is 4.46. The summed E-state index contributed by atoms with van der Waals surface area (Å²) < 4.78 is 8.59. The van der Waals surface area contributed by atoms with Gasteiger partial charge in [-0.3, -0.25) is 4.79 Å². The number of nitrogens with zero attached hydrogens (tertiary/aromatic N) is 2. The topological polar surface area (TPSA) is 56.1 Å². The minimum atomic E-state index is -0.211. The summed E-state index contributed by atoms with van der Waals surface area (Å²) in [7, 11) is 1.57. The molecule has 4 rings (SSSR count). The van der Waals surface area contributed by atoms with Gasteiger partial charge in [0, 0.05) is 11.3 Å². The summed E-state index contributed by atoms with van der Waals surface area (Å²) in [6.45, 7) is 0. The minimum Gasteiger partial charge on any atom is -0.495 e. The minimum absolute atomic E-state index is 0.211. The number of amides is 1. The zero-order chi connectivity index (χ0) is 21.6. The molecule has 5 nitrogen and oxygen atoms in total. The predicted octanol–water partition coefficient (Wildman–Crippen LogP) is 6.22. The summed E-state index contributed by atoms with van der Waals surface area (Å²) in [6.07, 6.45) is 0. The summed E-state index contributed by atoms with van der Waals surface area (Å²) in [5.41, 5.74) is 3.23. The number of hydrogen-bond acceptors (Lipinski definition) is 6. The third-order valence-corrected chi connectivity index (χ3v) is 6.90. The van der Waals surface area contributed by atoms with Crippen LogP contribution in [0.15, 0.2) is 83.2 Å². The number of aromatic nitrogens is 2. The first-order valence-corrected chi connectivity index (χ1v) is 11.7. The van der Waals surface area contributed by atoms with Crippen molar-refractivity contribution in [3.8, 4) is 11.4 Å². The van der Waals surface area contributed by atoms with E-state index in [4.69, 9.17) is 17.0 Å². The number of hydrogen-bond donors (Lipinski definition) is 1. The third kappa shape index (κ3) is 5.22. The van der Waals surface area contributed by atoms with Crippen LogP contribution in [-0.4, -0.2) is 22.8 Å². The van der Waals surface area contributed by atoms with Gasteiger partial charge in [-0.1, -0.05) is 65.6 Å². The van der Waals surface area contributed by atoms with Crippen LogP contribution in [0.1, 0.15) is 15.9 Å². The quantitative estimate of drug-likeness (QED) is 0.259. The van der Waals surface area contributed by atoms with Gasteiger partial charge in [0.25, 0.3) is 5.91 Å². The normalized spacial score (nSPS) is 10.6. The maximum Gasteiger partial charge on any atom is 0.255 e. The molecule has 3 aromatic carbocycles. The molecule has 31 heavy (non-hydrogen) atoms. The Morgan fingerprint density at radius 2 is 1.77 bits per heavy atom. The molecule has 0 unspecified atom stereocenters. The van der Waals surface area contributed by atoms with Crippen molar-refractivity contribution >= 4 is 46.9 Å². The van der Waals surface area contributed by atoms with Crippen LogP contribution in [0.25, 0.3) is 5.69 Å². The van der Waals surface area contributed by atoms with E-state index in [0.717, 1.165) is 15.8 Å². The van der Waals surface area contributed by atoms with E-state index < -0.39 is 0 Å². The molecule has 1 heterocycles. The van der Waals surface area contributed by atoms with Gasteiger partial charge in [-0.05, 0) is 54.2 Å². The lowest BCUT2D eigenvalue weighted by Gasteiger charge is -2.10. The van der Waals surface area contributed by atoms with E-state index in [0.29, 0.717) is 21.0 Å². The molecular weight excluding hydrogens is 446 g/mol. The molecule has 0 fully saturated rings. The van der Waals surface area contributed by atoms with Crippen LogP contribution in [0.2, 0.25) is 0 Å². The number of carbonyl (C=O) groups is 1. The second-order valence-electron chi connectivity index (χ2n) is 6.52. The van der Waals surface area contributed by atoms with Crippen molar-refractivity contribution in [1.29, 1.82) is 0 Å². The standard InChI is InChI=1S/C23H19N3O2S3/c1-28-20-10-6-5-9-19(20)24-21(27)17-11-13-18(14-12-17)26-23(29)31-22(25-26)30-15-16-7-3-2-4-8-16/h2-14H,15H2,1H3,(H,24,27). The van der Waals surface area contributed by atoms with Crippen LogP contribution in [0.4, 0.5) is 5.69 Å². The fourth-order valence-electron chi connectivity index (χ4n) is 2.90. The maximum absolute atomic E-state index is 12.6. The first kappa shape index (κ1) is 21.3. The molecule has 4 aromatic rings. The van der Waals surface area contributed by atoms with E-state index in [1.165, 1.54) is 16.9 Å². The van der Waals surface area contributed by atoms with Crippen molar-refractivity contribution in [2.24, 2.45) is 0 Å². The van der Waals surface area contributed by atoms with Crippen molar-refractivity contribution in [2.75, 3.05) is 12.4 Å². The van der Waals surface area contributed by atoms with Gasteiger partial charge in [0.2, 0.25) is 0 Å². The molecule has 0 atom stereocenters. The fraction of sp³-hybridized carbons (Fsp3) is 0.0870. The van der Waals surface area contributed by atoms with Gasteiger partial charge in [0.05, 0.1) is 18.5 Å². The summed E-state index contributed by atoms with van der Waals surface area (Å²) in [5, 5.41) is 7.51. The van der Waals surface area contributed by atoms with E-state index in [-0.39, 0.29) is 5.91 Å². The molecule has 0 saturated heterocycles. The number of carbonyl (C=O) groups excluding carboxylic acids is 1. The molecule has 0 aliphatic carbocycles. The highest BCUT2D eigenvalue weighted by Crippen LogP contribution is 2.27. The molecule has 1 amide bonds. The second-order valence-corrected chi connectivity index (χ2v) is 9.37. The Hall–Kier alpha value is -2.94. The molecule has 0 saturated carbocycles. The molecule has 156 valence electrons. The lowest BCUT2D eigenvalue weighted by atomic mass is 10.2. The lowest BCUT2D eigenvalue weighted by Crippen LogP contribution is -2.12. The largest absolute Gasteiger partial charge is 0.495 e. The average molecular weight is 466 g/mol. The Kier molecular flexibility index (Phi) is 6.81. The van der Waals surface area contributed by atoms with Crippen molar-refractivity contribution in [3.05, 3.63) is 93.9 Å². The van der Waals surface area contributed by atoms with E-state index in [2.05, 4.69) is 22.5 Å². The number of rotatable bonds is 7. The molecule has 0 bridgehead atoms. The lowest BCUT2D eigenvalue weighted by molar-refractivity contribution is 0.102. The van der Waals surface area contributed by atoms with Gasteiger partial charge in [0.1, 0.15) is 5.75 Å². The number of benzene rings is 3. The number of para-hydroxylation sites is 2. The Morgan fingerprint density at radius 3 is 2.52 bits per heavy atom. The molecule has 0 aliphatic rings. The smallest absolute Gasteiger partial charge is 0.255 e. The van der Waals surface area contributed by atoms with Gasteiger partial charge in [0.15, 0.2) is 8.29 Å². The Balaban J connectivity index is 1.46. The van der Waals surface area contributed by atoms with E-state index in [1.54, 1.807) is 47.8 Å². The highest BCUT2D eigenvalue weighted by molar-refractivity contribution is 8.00. The monoisotopic (exact) mass is 465 g/mol. The van der Waals surface area contributed by atoms with Crippen molar-refractivity contribution < 1.29 is 9.53 Å².